The number of piperidine rings is 1. The topological polar surface area (TPSA) is 35.6 Å². The van der Waals surface area contributed by atoms with Crippen LogP contribution in [0.25, 0.3) is 0 Å². The summed E-state index contributed by atoms with van der Waals surface area (Å²) >= 11 is 0. The number of nitrogens with one attached hydrogen (secondary N) is 1. The van der Waals surface area contributed by atoms with E-state index < -0.39 is 0 Å². The van der Waals surface area contributed by atoms with Crippen molar-refractivity contribution in [2.24, 2.45) is 5.92 Å². The summed E-state index contributed by atoms with van der Waals surface area (Å²) in [6.07, 6.45) is 2.49. The number of hydrogen-bond acceptors (Lipinski definition) is 3. The average Bonchev–Trinajstić information content (AvgIpc) is 2.51. The summed E-state index contributed by atoms with van der Waals surface area (Å²) < 4.78 is 13.2. The predicted molar refractivity (Wildman–Crippen MR) is 83.9 cm³/mol. The number of halogens is 1. The highest BCUT2D eigenvalue weighted by Gasteiger charge is 2.26. The zero-order valence-electron chi connectivity index (χ0n) is 12.9. The van der Waals surface area contributed by atoms with Gasteiger partial charge in [-0.2, -0.15) is 0 Å². The molecule has 2 aliphatic rings. The van der Waals surface area contributed by atoms with Crippen LogP contribution in [-0.2, 0) is 11.3 Å². The average molecular weight is 305 g/mol. The second-order valence-corrected chi connectivity index (χ2v) is 6.39. The zero-order valence-corrected chi connectivity index (χ0v) is 12.9. The van der Waals surface area contributed by atoms with Crippen LogP contribution < -0.4 is 5.32 Å². The molecular formula is C17H24FN3O. The molecule has 1 N–H and O–H groups in total. The second-order valence-electron chi connectivity index (χ2n) is 6.39. The van der Waals surface area contributed by atoms with Crippen LogP contribution in [0, 0.1) is 11.7 Å². The standard InChI is InChI=1S/C17H24FN3O/c18-16-5-1-3-14(9-16)12-21-8-7-20(13-17(21)22)11-15-4-2-6-19-10-15/h1,3,5,9,15,19H,2,4,6-8,10-13H2. The molecule has 5 heteroatoms. The highest BCUT2D eigenvalue weighted by Crippen LogP contribution is 2.15. The first-order chi connectivity index (χ1) is 10.7. The van der Waals surface area contributed by atoms with Crippen LogP contribution >= 0.6 is 0 Å². The molecule has 22 heavy (non-hydrogen) atoms. The van der Waals surface area contributed by atoms with Gasteiger partial charge in [-0.3, -0.25) is 9.69 Å². The predicted octanol–water partition coefficient (Wildman–Crippen LogP) is 1.47. The van der Waals surface area contributed by atoms with E-state index in [0.717, 1.165) is 38.3 Å². The number of rotatable bonds is 4. The van der Waals surface area contributed by atoms with Gasteiger partial charge in [-0.15, -0.1) is 0 Å². The summed E-state index contributed by atoms with van der Waals surface area (Å²) in [6.45, 7) is 5.84. The first-order valence-electron chi connectivity index (χ1n) is 8.16. The molecule has 1 atom stereocenters. The van der Waals surface area contributed by atoms with E-state index in [1.165, 1.54) is 25.0 Å². The van der Waals surface area contributed by atoms with Crippen LogP contribution in [-0.4, -0.2) is 55.0 Å². The van der Waals surface area contributed by atoms with Gasteiger partial charge in [0.1, 0.15) is 5.82 Å². The lowest BCUT2D eigenvalue weighted by Gasteiger charge is -2.37. The van der Waals surface area contributed by atoms with Gasteiger partial charge < -0.3 is 10.2 Å². The number of carbonyl (C=O) groups is 1. The molecule has 3 rings (SSSR count). The van der Waals surface area contributed by atoms with E-state index in [0.29, 0.717) is 19.0 Å². The molecule has 1 aromatic rings. The van der Waals surface area contributed by atoms with Crippen molar-refractivity contribution in [3.8, 4) is 0 Å². The maximum atomic E-state index is 13.2. The summed E-state index contributed by atoms with van der Waals surface area (Å²) in [5, 5.41) is 3.42. The van der Waals surface area contributed by atoms with E-state index in [4.69, 9.17) is 0 Å². The highest BCUT2D eigenvalue weighted by molar-refractivity contribution is 5.79. The van der Waals surface area contributed by atoms with Gasteiger partial charge in [-0.1, -0.05) is 12.1 Å². The Kier molecular flexibility index (Phi) is 5.05. The zero-order chi connectivity index (χ0) is 15.4. The molecule has 2 aliphatic heterocycles. The maximum absolute atomic E-state index is 13.2. The molecule has 0 aromatic heterocycles. The normalized spacial score (nSPS) is 23.8. The molecule has 0 saturated carbocycles. The number of piperazine rings is 1. The third kappa shape index (κ3) is 4.05. The SMILES string of the molecule is O=C1CN(CC2CCCNC2)CCN1Cc1cccc(F)c1. The molecule has 120 valence electrons. The van der Waals surface area contributed by atoms with E-state index in [9.17, 15) is 9.18 Å². The minimum Gasteiger partial charge on any atom is -0.336 e. The van der Waals surface area contributed by atoms with Crippen molar-refractivity contribution in [1.29, 1.82) is 0 Å². The lowest BCUT2D eigenvalue weighted by atomic mass is 9.99. The minimum atomic E-state index is -0.242. The number of benzene rings is 1. The maximum Gasteiger partial charge on any atom is 0.237 e. The first-order valence-corrected chi connectivity index (χ1v) is 8.16. The largest absolute Gasteiger partial charge is 0.336 e. The second kappa shape index (κ2) is 7.20. The Bertz CT molecular complexity index is 516. The monoisotopic (exact) mass is 305 g/mol. The first kappa shape index (κ1) is 15.4. The summed E-state index contributed by atoms with van der Waals surface area (Å²) in [4.78, 5) is 16.4. The van der Waals surface area contributed by atoms with E-state index in [-0.39, 0.29) is 11.7 Å². The molecule has 4 nitrogen and oxygen atoms in total. The quantitative estimate of drug-likeness (QED) is 0.915. The van der Waals surface area contributed by atoms with Crippen LogP contribution in [0.4, 0.5) is 4.39 Å². The molecular weight excluding hydrogens is 281 g/mol. The van der Waals surface area contributed by atoms with Crippen LogP contribution in [0.2, 0.25) is 0 Å². The van der Waals surface area contributed by atoms with Gasteiger partial charge in [-0.25, -0.2) is 4.39 Å². The van der Waals surface area contributed by atoms with Crippen LogP contribution in [0.3, 0.4) is 0 Å². The third-order valence-corrected chi connectivity index (χ3v) is 4.58. The van der Waals surface area contributed by atoms with E-state index in [1.54, 1.807) is 6.07 Å². The van der Waals surface area contributed by atoms with Gasteiger partial charge in [0.2, 0.25) is 5.91 Å². The van der Waals surface area contributed by atoms with Crippen molar-refractivity contribution in [3.63, 3.8) is 0 Å². The Morgan fingerprint density at radius 2 is 2.23 bits per heavy atom. The van der Waals surface area contributed by atoms with Crippen molar-refractivity contribution < 1.29 is 9.18 Å². The lowest BCUT2D eigenvalue weighted by molar-refractivity contribution is -0.137. The van der Waals surface area contributed by atoms with Gasteiger partial charge in [0, 0.05) is 26.2 Å². The van der Waals surface area contributed by atoms with Gasteiger partial charge in [0.05, 0.1) is 6.54 Å². The Hall–Kier alpha value is -1.46. The number of hydrogen-bond donors (Lipinski definition) is 1. The van der Waals surface area contributed by atoms with E-state index in [2.05, 4.69) is 10.2 Å². The molecule has 2 saturated heterocycles. The molecule has 0 bridgehead atoms. The van der Waals surface area contributed by atoms with E-state index >= 15 is 0 Å². The fourth-order valence-electron chi connectivity index (χ4n) is 3.38. The van der Waals surface area contributed by atoms with Gasteiger partial charge in [-0.05, 0) is 49.5 Å². The van der Waals surface area contributed by atoms with Gasteiger partial charge >= 0.3 is 0 Å². The summed E-state index contributed by atoms with van der Waals surface area (Å²) in [5.74, 6) is 0.573. The third-order valence-electron chi connectivity index (χ3n) is 4.58. The number of nitrogens with zero attached hydrogens (tertiary/aromatic N) is 2. The molecule has 0 radical (unpaired) electrons. The Labute approximate surface area is 131 Å². The molecule has 0 aliphatic carbocycles. The van der Waals surface area contributed by atoms with Crippen molar-refractivity contribution in [2.75, 3.05) is 39.3 Å². The van der Waals surface area contributed by atoms with Gasteiger partial charge in [0.25, 0.3) is 0 Å². The van der Waals surface area contributed by atoms with E-state index in [1.807, 2.05) is 11.0 Å². The minimum absolute atomic E-state index is 0.152. The molecule has 2 heterocycles. The van der Waals surface area contributed by atoms with Crippen LogP contribution in [0.1, 0.15) is 18.4 Å². The van der Waals surface area contributed by atoms with Crippen LogP contribution in [0.5, 0.6) is 0 Å². The summed E-state index contributed by atoms with van der Waals surface area (Å²) in [5.41, 5.74) is 0.860. The Morgan fingerprint density at radius 1 is 1.32 bits per heavy atom. The lowest BCUT2D eigenvalue weighted by Crippen LogP contribution is -2.51. The highest BCUT2D eigenvalue weighted by atomic mass is 19.1. The number of carbonyl (C=O) groups excluding carboxylic acids is 1. The van der Waals surface area contributed by atoms with Crippen molar-refractivity contribution in [3.05, 3.63) is 35.6 Å². The van der Waals surface area contributed by atoms with Gasteiger partial charge in [0.15, 0.2) is 0 Å². The van der Waals surface area contributed by atoms with Crippen LogP contribution in [0.15, 0.2) is 24.3 Å². The fourth-order valence-corrected chi connectivity index (χ4v) is 3.38. The smallest absolute Gasteiger partial charge is 0.237 e. The Balaban J connectivity index is 1.50. The molecule has 0 spiro atoms. The molecule has 1 unspecified atom stereocenters. The van der Waals surface area contributed by atoms with Crippen molar-refractivity contribution >= 4 is 5.91 Å². The summed E-state index contributed by atoms with van der Waals surface area (Å²) in [6, 6.07) is 6.51. The van der Waals surface area contributed by atoms with Crippen molar-refractivity contribution in [1.82, 2.24) is 15.1 Å². The fraction of sp³-hybridized carbons (Fsp3) is 0.588. The summed E-state index contributed by atoms with van der Waals surface area (Å²) in [7, 11) is 0. The number of amides is 1. The molecule has 2 fully saturated rings. The van der Waals surface area contributed by atoms with Crippen molar-refractivity contribution in [2.45, 2.75) is 19.4 Å². The molecule has 1 amide bonds. The Morgan fingerprint density at radius 3 is 2.95 bits per heavy atom. The molecule has 1 aromatic carbocycles.